The van der Waals surface area contributed by atoms with E-state index in [1.807, 2.05) is 23.6 Å². The van der Waals surface area contributed by atoms with E-state index in [0.717, 1.165) is 40.6 Å². The Balaban J connectivity index is 1.31. The molecule has 5 rings (SSSR count). The number of hydrogen-bond acceptors (Lipinski definition) is 5. The van der Waals surface area contributed by atoms with Crippen molar-refractivity contribution in [3.63, 3.8) is 0 Å². The molecule has 0 aliphatic carbocycles. The van der Waals surface area contributed by atoms with Crippen molar-refractivity contribution in [2.45, 2.75) is 12.5 Å². The lowest BCUT2D eigenvalue weighted by Crippen LogP contribution is -2.45. The van der Waals surface area contributed by atoms with E-state index in [1.54, 1.807) is 16.7 Å². The molecule has 0 spiro atoms. The maximum atomic E-state index is 12.0. The second kappa shape index (κ2) is 5.25. The van der Waals surface area contributed by atoms with E-state index in [0.29, 0.717) is 12.5 Å². The first-order valence-corrected chi connectivity index (χ1v) is 8.77. The molecule has 0 amide bonds. The normalized spacial score (nSPS) is 16.0. The number of nitrogens with one attached hydrogen (secondary N) is 1. The molecule has 0 atom stereocenters. The molecule has 1 aliphatic heterocycles. The first-order chi connectivity index (χ1) is 11.8. The number of H-pyrrole nitrogens is 1. The number of para-hydroxylation sites is 2. The van der Waals surface area contributed by atoms with Gasteiger partial charge in [-0.3, -0.25) is 14.1 Å². The third kappa shape index (κ3) is 2.24. The maximum Gasteiger partial charge on any atom is 0.258 e. The van der Waals surface area contributed by atoms with E-state index in [1.165, 1.54) is 11.3 Å². The number of thiazole rings is 1. The van der Waals surface area contributed by atoms with Crippen LogP contribution in [0.2, 0.25) is 0 Å². The molecular weight excluding hydrogens is 322 g/mol. The van der Waals surface area contributed by atoms with Crippen molar-refractivity contribution in [3.05, 3.63) is 63.8 Å². The summed E-state index contributed by atoms with van der Waals surface area (Å²) in [5.41, 5.74) is 2.93. The minimum atomic E-state index is -0.00870. The van der Waals surface area contributed by atoms with Gasteiger partial charge in [0.15, 0.2) is 4.96 Å². The molecule has 7 heteroatoms. The van der Waals surface area contributed by atoms with E-state index in [-0.39, 0.29) is 5.56 Å². The summed E-state index contributed by atoms with van der Waals surface area (Å²) in [7, 11) is 0. The molecular formula is C17H15N5OS. The fourth-order valence-corrected chi connectivity index (χ4v) is 3.97. The zero-order valence-electron chi connectivity index (χ0n) is 12.8. The standard InChI is InChI=1S/C17H15N5OS/c23-15-7-12(18-17-22(15)5-6-24-17)10-21-8-11(9-21)16-19-13-3-1-2-4-14(13)20-16/h1-7,11H,8-10H2,(H,19,20). The second-order valence-corrected chi connectivity index (χ2v) is 7.04. The van der Waals surface area contributed by atoms with Gasteiger partial charge in [-0.15, -0.1) is 11.3 Å². The Kier molecular flexibility index (Phi) is 3.04. The summed E-state index contributed by atoms with van der Waals surface area (Å²) in [4.78, 5) is 27.7. The Bertz CT molecular complexity index is 1060. The summed E-state index contributed by atoms with van der Waals surface area (Å²) in [5, 5.41) is 1.88. The van der Waals surface area contributed by atoms with Crippen LogP contribution in [0.25, 0.3) is 16.0 Å². The van der Waals surface area contributed by atoms with Gasteiger partial charge < -0.3 is 4.98 Å². The van der Waals surface area contributed by atoms with E-state index in [2.05, 4.69) is 25.9 Å². The largest absolute Gasteiger partial charge is 0.342 e. The predicted octanol–water partition coefficient (Wildman–Crippen LogP) is 2.23. The zero-order valence-corrected chi connectivity index (χ0v) is 13.7. The molecule has 1 fully saturated rings. The van der Waals surface area contributed by atoms with Crippen LogP contribution in [0.4, 0.5) is 0 Å². The average Bonchev–Trinajstić information content (AvgIpc) is 3.16. The van der Waals surface area contributed by atoms with Crippen LogP contribution >= 0.6 is 11.3 Å². The van der Waals surface area contributed by atoms with E-state index in [9.17, 15) is 4.79 Å². The molecule has 1 N–H and O–H groups in total. The number of aromatic nitrogens is 4. The Hall–Kier alpha value is -2.51. The summed E-state index contributed by atoms with van der Waals surface area (Å²) in [6.07, 6.45) is 1.76. The molecule has 0 bridgehead atoms. The summed E-state index contributed by atoms with van der Waals surface area (Å²) < 4.78 is 1.58. The van der Waals surface area contributed by atoms with Gasteiger partial charge in [-0.25, -0.2) is 9.97 Å². The number of aromatic amines is 1. The van der Waals surface area contributed by atoms with Crippen LogP contribution in [0, 0.1) is 0 Å². The number of likely N-dealkylation sites (tertiary alicyclic amines) is 1. The summed E-state index contributed by atoms with van der Waals surface area (Å²) in [6, 6.07) is 9.73. The van der Waals surface area contributed by atoms with Gasteiger partial charge in [0.1, 0.15) is 5.82 Å². The molecule has 0 saturated carbocycles. The highest BCUT2D eigenvalue weighted by molar-refractivity contribution is 7.15. The fraction of sp³-hybridized carbons (Fsp3) is 0.235. The highest BCUT2D eigenvalue weighted by Gasteiger charge is 2.30. The fourth-order valence-electron chi connectivity index (χ4n) is 3.24. The molecule has 6 nitrogen and oxygen atoms in total. The summed E-state index contributed by atoms with van der Waals surface area (Å²) in [5.74, 6) is 1.47. The molecule has 3 aromatic heterocycles. The smallest absolute Gasteiger partial charge is 0.258 e. The quantitative estimate of drug-likeness (QED) is 0.623. The Morgan fingerprint density at radius 3 is 3.00 bits per heavy atom. The Morgan fingerprint density at radius 2 is 2.12 bits per heavy atom. The molecule has 4 aromatic rings. The summed E-state index contributed by atoms with van der Waals surface area (Å²) >= 11 is 1.49. The lowest BCUT2D eigenvalue weighted by Gasteiger charge is -2.37. The van der Waals surface area contributed by atoms with E-state index >= 15 is 0 Å². The number of nitrogens with zero attached hydrogens (tertiary/aromatic N) is 4. The maximum absolute atomic E-state index is 12.0. The summed E-state index contributed by atoms with van der Waals surface area (Å²) in [6.45, 7) is 2.58. The van der Waals surface area contributed by atoms with Gasteiger partial charge in [-0.1, -0.05) is 12.1 Å². The van der Waals surface area contributed by atoms with Crippen molar-refractivity contribution in [2.75, 3.05) is 13.1 Å². The Morgan fingerprint density at radius 1 is 1.25 bits per heavy atom. The molecule has 1 aliphatic rings. The highest BCUT2D eigenvalue weighted by Crippen LogP contribution is 2.27. The first kappa shape index (κ1) is 13.9. The van der Waals surface area contributed by atoms with Crippen LogP contribution in [0.3, 0.4) is 0 Å². The lowest BCUT2D eigenvalue weighted by molar-refractivity contribution is 0.133. The van der Waals surface area contributed by atoms with Crippen molar-refractivity contribution >= 4 is 27.3 Å². The minimum absolute atomic E-state index is 0.00870. The van der Waals surface area contributed by atoms with Crippen LogP contribution in [0.15, 0.2) is 46.7 Å². The van der Waals surface area contributed by atoms with Crippen molar-refractivity contribution in [2.24, 2.45) is 0 Å². The van der Waals surface area contributed by atoms with E-state index in [4.69, 9.17) is 0 Å². The van der Waals surface area contributed by atoms with Crippen LogP contribution in [-0.4, -0.2) is 37.3 Å². The van der Waals surface area contributed by atoms with Gasteiger partial charge in [0.2, 0.25) is 0 Å². The molecule has 24 heavy (non-hydrogen) atoms. The Labute approximate surface area is 141 Å². The molecule has 1 saturated heterocycles. The van der Waals surface area contributed by atoms with Gasteiger partial charge in [-0.2, -0.15) is 0 Å². The number of benzene rings is 1. The zero-order chi connectivity index (χ0) is 16.1. The van der Waals surface area contributed by atoms with Crippen molar-refractivity contribution < 1.29 is 0 Å². The van der Waals surface area contributed by atoms with Crippen LogP contribution in [-0.2, 0) is 6.54 Å². The SMILES string of the molecule is O=c1cc(CN2CC(c3nc4ccccc4[nH]3)C2)nc2sccn12. The third-order valence-corrected chi connectivity index (χ3v) is 5.25. The predicted molar refractivity (Wildman–Crippen MR) is 93.5 cm³/mol. The first-order valence-electron chi connectivity index (χ1n) is 7.89. The van der Waals surface area contributed by atoms with Gasteiger partial charge in [-0.05, 0) is 12.1 Å². The molecule has 0 radical (unpaired) electrons. The van der Waals surface area contributed by atoms with Gasteiger partial charge >= 0.3 is 0 Å². The monoisotopic (exact) mass is 337 g/mol. The molecule has 1 aromatic carbocycles. The number of rotatable bonds is 3. The van der Waals surface area contributed by atoms with Crippen LogP contribution in [0.1, 0.15) is 17.4 Å². The molecule has 4 heterocycles. The van der Waals surface area contributed by atoms with Gasteiger partial charge in [0.25, 0.3) is 5.56 Å². The number of fused-ring (bicyclic) bond motifs is 2. The van der Waals surface area contributed by atoms with Crippen LogP contribution in [0.5, 0.6) is 0 Å². The molecule has 0 unspecified atom stereocenters. The van der Waals surface area contributed by atoms with Gasteiger partial charge in [0.05, 0.1) is 16.7 Å². The highest BCUT2D eigenvalue weighted by atomic mass is 32.1. The molecule has 120 valence electrons. The topological polar surface area (TPSA) is 66.3 Å². The average molecular weight is 337 g/mol. The second-order valence-electron chi connectivity index (χ2n) is 6.17. The van der Waals surface area contributed by atoms with Crippen LogP contribution < -0.4 is 5.56 Å². The van der Waals surface area contributed by atoms with Crippen molar-refractivity contribution in [1.29, 1.82) is 0 Å². The number of hydrogen-bond donors (Lipinski definition) is 1. The lowest BCUT2D eigenvalue weighted by atomic mass is 9.99. The van der Waals surface area contributed by atoms with Crippen molar-refractivity contribution in [3.8, 4) is 0 Å². The number of imidazole rings is 1. The third-order valence-electron chi connectivity index (χ3n) is 4.49. The van der Waals surface area contributed by atoms with Crippen molar-refractivity contribution in [1.82, 2.24) is 24.3 Å². The van der Waals surface area contributed by atoms with Gasteiger partial charge in [0, 0.05) is 43.2 Å². The van der Waals surface area contributed by atoms with E-state index < -0.39 is 0 Å². The minimum Gasteiger partial charge on any atom is -0.342 e.